The summed E-state index contributed by atoms with van der Waals surface area (Å²) in [7, 11) is 0. The Balaban J connectivity index is 1.48. The number of carboxylic acids is 1. The number of hydrogen-bond donors (Lipinski definition) is 3. The minimum absolute atomic E-state index is 0.0156. The summed E-state index contributed by atoms with van der Waals surface area (Å²) in [6.45, 7) is 7.46. The summed E-state index contributed by atoms with van der Waals surface area (Å²) in [5.41, 5.74) is 4.00. The fourth-order valence-electron chi connectivity index (χ4n) is 4.10. The summed E-state index contributed by atoms with van der Waals surface area (Å²) in [5.74, 6) is -1.90. The van der Waals surface area contributed by atoms with Gasteiger partial charge in [0.05, 0.1) is 0 Å². The molecule has 2 aromatic rings. The van der Waals surface area contributed by atoms with Crippen LogP contribution in [0.25, 0.3) is 11.1 Å². The molecule has 0 saturated heterocycles. The molecule has 0 spiro atoms. The van der Waals surface area contributed by atoms with Crippen LogP contribution >= 0.6 is 0 Å². The predicted octanol–water partition coefficient (Wildman–Crippen LogP) is 4.17. The highest BCUT2D eigenvalue weighted by atomic mass is 16.5. The molecule has 2 aromatic carbocycles. The third-order valence-corrected chi connectivity index (χ3v) is 6.04. The van der Waals surface area contributed by atoms with Crippen LogP contribution in [0.2, 0.25) is 0 Å². The van der Waals surface area contributed by atoms with Crippen molar-refractivity contribution in [1.29, 1.82) is 0 Å². The van der Waals surface area contributed by atoms with Gasteiger partial charge in [-0.1, -0.05) is 76.2 Å². The number of nitrogens with one attached hydrogen (secondary N) is 2. The van der Waals surface area contributed by atoms with Crippen molar-refractivity contribution in [3.05, 3.63) is 59.7 Å². The zero-order valence-corrected chi connectivity index (χ0v) is 19.6. The molecule has 1 aliphatic carbocycles. The molecule has 0 aromatic heterocycles. The normalized spacial score (nSPS) is 14.5. The molecule has 0 bridgehead atoms. The van der Waals surface area contributed by atoms with Gasteiger partial charge in [0.1, 0.15) is 12.6 Å². The van der Waals surface area contributed by atoms with Crippen LogP contribution in [-0.2, 0) is 14.3 Å². The SMILES string of the molecule is CC(CCNC(=O)OCC1c2ccccc2-c2ccccc21)C(=O)N[C@@H](C(=O)O)C(C)(C)C. The van der Waals surface area contributed by atoms with Crippen LogP contribution in [0.1, 0.15) is 51.2 Å². The Morgan fingerprint density at radius 1 is 1.00 bits per heavy atom. The molecular formula is C26H32N2O5. The second-order valence-electron chi connectivity index (χ2n) is 9.59. The van der Waals surface area contributed by atoms with E-state index in [9.17, 15) is 19.5 Å². The Hall–Kier alpha value is -3.35. The molecule has 7 heteroatoms. The highest BCUT2D eigenvalue weighted by Gasteiger charge is 2.33. The molecule has 2 amide bonds. The Bertz CT molecular complexity index is 982. The Kier molecular flexibility index (Phi) is 7.41. The number of benzene rings is 2. The van der Waals surface area contributed by atoms with Crippen molar-refractivity contribution in [1.82, 2.24) is 10.6 Å². The van der Waals surface area contributed by atoms with Crippen molar-refractivity contribution in [2.75, 3.05) is 13.2 Å². The van der Waals surface area contributed by atoms with Gasteiger partial charge in [0.25, 0.3) is 0 Å². The summed E-state index contributed by atoms with van der Waals surface area (Å²) in [6, 6.07) is 15.3. The van der Waals surface area contributed by atoms with Gasteiger partial charge in [-0.25, -0.2) is 9.59 Å². The molecule has 3 rings (SSSR count). The molecule has 33 heavy (non-hydrogen) atoms. The van der Waals surface area contributed by atoms with Crippen molar-refractivity contribution in [3.63, 3.8) is 0 Å². The topological polar surface area (TPSA) is 105 Å². The van der Waals surface area contributed by atoms with Crippen molar-refractivity contribution in [2.45, 2.75) is 46.1 Å². The van der Waals surface area contributed by atoms with Gasteiger partial charge in [-0.05, 0) is 34.1 Å². The Morgan fingerprint density at radius 3 is 2.06 bits per heavy atom. The number of ether oxygens (including phenoxy) is 1. The number of carboxylic acid groups (broad SMARTS) is 1. The quantitative estimate of drug-likeness (QED) is 0.558. The van der Waals surface area contributed by atoms with E-state index in [0.717, 1.165) is 22.3 Å². The second-order valence-corrected chi connectivity index (χ2v) is 9.59. The summed E-state index contributed by atoms with van der Waals surface area (Å²) >= 11 is 0. The minimum Gasteiger partial charge on any atom is -0.480 e. The van der Waals surface area contributed by atoms with E-state index >= 15 is 0 Å². The van der Waals surface area contributed by atoms with E-state index in [1.54, 1.807) is 27.7 Å². The molecule has 176 valence electrons. The van der Waals surface area contributed by atoms with Crippen LogP contribution in [-0.4, -0.2) is 42.3 Å². The molecular weight excluding hydrogens is 420 g/mol. The molecule has 1 unspecified atom stereocenters. The molecule has 0 aliphatic heterocycles. The average molecular weight is 453 g/mol. The van der Waals surface area contributed by atoms with Crippen molar-refractivity contribution in [3.8, 4) is 11.1 Å². The third-order valence-electron chi connectivity index (χ3n) is 6.04. The zero-order valence-electron chi connectivity index (χ0n) is 19.6. The number of alkyl carbamates (subject to hydrolysis) is 1. The summed E-state index contributed by atoms with van der Waals surface area (Å²) in [4.78, 5) is 36.1. The van der Waals surface area contributed by atoms with Crippen LogP contribution in [0.5, 0.6) is 0 Å². The number of hydrogen-bond acceptors (Lipinski definition) is 4. The van der Waals surface area contributed by atoms with Crippen molar-refractivity contribution >= 4 is 18.0 Å². The van der Waals surface area contributed by atoms with E-state index in [1.165, 1.54) is 0 Å². The van der Waals surface area contributed by atoms with Crippen LogP contribution in [0.4, 0.5) is 4.79 Å². The van der Waals surface area contributed by atoms with Crippen LogP contribution in [0.3, 0.4) is 0 Å². The van der Waals surface area contributed by atoms with E-state index in [1.807, 2.05) is 24.3 Å². The molecule has 1 aliphatic rings. The summed E-state index contributed by atoms with van der Waals surface area (Å²) < 4.78 is 5.49. The summed E-state index contributed by atoms with van der Waals surface area (Å²) in [6.07, 6.45) is -0.172. The Morgan fingerprint density at radius 2 is 1.55 bits per heavy atom. The number of fused-ring (bicyclic) bond motifs is 3. The molecule has 3 N–H and O–H groups in total. The first-order valence-electron chi connectivity index (χ1n) is 11.2. The van der Waals surface area contributed by atoms with Gasteiger partial charge < -0.3 is 20.5 Å². The number of carbonyl (C=O) groups is 3. The monoisotopic (exact) mass is 452 g/mol. The van der Waals surface area contributed by atoms with E-state index < -0.39 is 29.4 Å². The molecule has 0 saturated carbocycles. The van der Waals surface area contributed by atoms with Gasteiger partial charge in [0.2, 0.25) is 5.91 Å². The molecule has 0 radical (unpaired) electrons. The minimum atomic E-state index is -1.07. The van der Waals surface area contributed by atoms with Crippen molar-refractivity contribution in [2.24, 2.45) is 11.3 Å². The number of carbonyl (C=O) groups excluding carboxylic acids is 2. The first-order chi connectivity index (χ1) is 15.6. The van der Waals surface area contributed by atoms with Gasteiger partial charge in [-0.3, -0.25) is 4.79 Å². The number of amides is 2. The predicted molar refractivity (Wildman–Crippen MR) is 126 cm³/mol. The molecule has 7 nitrogen and oxygen atoms in total. The van der Waals surface area contributed by atoms with Crippen LogP contribution in [0.15, 0.2) is 48.5 Å². The lowest BCUT2D eigenvalue weighted by Gasteiger charge is -2.28. The zero-order chi connectivity index (χ0) is 24.2. The van der Waals surface area contributed by atoms with Gasteiger partial charge in [-0.2, -0.15) is 0 Å². The first-order valence-corrected chi connectivity index (χ1v) is 11.2. The number of rotatable bonds is 8. The second kappa shape index (κ2) is 10.1. The highest BCUT2D eigenvalue weighted by Crippen LogP contribution is 2.44. The summed E-state index contributed by atoms with van der Waals surface area (Å²) in [5, 5.41) is 14.7. The van der Waals surface area contributed by atoms with Gasteiger partial charge in [0.15, 0.2) is 0 Å². The van der Waals surface area contributed by atoms with Crippen LogP contribution in [0, 0.1) is 11.3 Å². The molecule has 0 heterocycles. The Labute approximate surface area is 194 Å². The highest BCUT2D eigenvalue weighted by molar-refractivity contribution is 5.85. The smallest absolute Gasteiger partial charge is 0.407 e. The maximum atomic E-state index is 12.4. The van der Waals surface area contributed by atoms with Gasteiger partial charge in [-0.15, -0.1) is 0 Å². The van der Waals surface area contributed by atoms with E-state index in [0.29, 0.717) is 6.42 Å². The lowest BCUT2D eigenvalue weighted by atomic mass is 9.86. The lowest BCUT2D eigenvalue weighted by molar-refractivity contribution is -0.145. The first kappa shape index (κ1) is 24.3. The number of aliphatic carboxylic acids is 1. The van der Waals surface area contributed by atoms with E-state index in [2.05, 4.69) is 34.9 Å². The van der Waals surface area contributed by atoms with Crippen LogP contribution < -0.4 is 10.6 Å². The fourth-order valence-corrected chi connectivity index (χ4v) is 4.10. The van der Waals surface area contributed by atoms with E-state index in [4.69, 9.17) is 4.74 Å². The largest absolute Gasteiger partial charge is 0.480 e. The third kappa shape index (κ3) is 5.72. The molecule has 0 fully saturated rings. The van der Waals surface area contributed by atoms with E-state index in [-0.39, 0.29) is 25.0 Å². The average Bonchev–Trinajstić information content (AvgIpc) is 3.08. The maximum Gasteiger partial charge on any atom is 0.407 e. The van der Waals surface area contributed by atoms with Crippen molar-refractivity contribution < 1.29 is 24.2 Å². The maximum absolute atomic E-state index is 12.4. The standard InChI is InChI=1S/C26H32N2O5/c1-16(23(29)28-22(24(30)31)26(2,3)4)13-14-27-25(32)33-15-21-19-11-7-5-9-17(19)18-10-6-8-12-20(18)21/h5-12,16,21-22H,13-15H2,1-4H3,(H,27,32)(H,28,29)(H,30,31)/t16?,22-/m0/s1. The van der Waals surface area contributed by atoms with Gasteiger partial charge >= 0.3 is 12.1 Å². The fraction of sp³-hybridized carbons (Fsp3) is 0.423. The lowest BCUT2D eigenvalue weighted by Crippen LogP contribution is -2.50. The molecule has 2 atom stereocenters. The van der Waals surface area contributed by atoms with Gasteiger partial charge in [0, 0.05) is 18.4 Å².